The van der Waals surface area contributed by atoms with E-state index in [0.717, 1.165) is 12.8 Å². The van der Waals surface area contributed by atoms with Crippen molar-refractivity contribution in [3.05, 3.63) is 12.7 Å². The number of carbonyl (C=O) groups excluding carboxylic acids is 6. The molecule has 1 aliphatic heterocycles. The Bertz CT molecular complexity index is 1110. The highest BCUT2D eigenvalue weighted by Crippen LogP contribution is 2.35. The first kappa shape index (κ1) is 38.5. The van der Waals surface area contributed by atoms with Crippen LogP contribution in [0.15, 0.2) is 12.7 Å². The van der Waals surface area contributed by atoms with Crippen molar-refractivity contribution in [1.82, 2.24) is 31.5 Å². The molecule has 1 aliphatic carbocycles. The van der Waals surface area contributed by atoms with Crippen LogP contribution in [0, 0.1) is 29.1 Å². The van der Waals surface area contributed by atoms with Gasteiger partial charge in [-0.1, -0.05) is 67.4 Å². The minimum Gasteiger partial charge on any atom is -0.450 e. The van der Waals surface area contributed by atoms with Crippen LogP contribution >= 0.6 is 0 Å². The van der Waals surface area contributed by atoms with Gasteiger partial charge in [-0.2, -0.15) is 0 Å². The van der Waals surface area contributed by atoms with Crippen molar-refractivity contribution in [3.8, 4) is 0 Å². The number of Topliss-reactive ketones (excluding diaryl/α,β-unsaturated/α-hetero) is 1. The lowest BCUT2D eigenvalue weighted by molar-refractivity contribution is -0.144. The summed E-state index contributed by atoms with van der Waals surface area (Å²) in [4.78, 5) is 80.4. The van der Waals surface area contributed by atoms with E-state index >= 15 is 0 Å². The fourth-order valence-electron chi connectivity index (χ4n) is 5.67. The predicted octanol–water partition coefficient (Wildman–Crippen LogP) is 2.50. The average molecular weight is 649 g/mol. The van der Waals surface area contributed by atoms with E-state index in [4.69, 9.17) is 4.74 Å². The van der Waals surface area contributed by atoms with Gasteiger partial charge in [-0.3, -0.25) is 19.2 Å². The van der Waals surface area contributed by atoms with Gasteiger partial charge in [0.25, 0.3) is 5.91 Å². The minimum absolute atomic E-state index is 0.0416. The third-order valence-electron chi connectivity index (χ3n) is 8.63. The first-order chi connectivity index (χ1) is 21.5. The Morgan fingerprint density at radius 2 is 1.61 bits per heavy atom. The minimum atomic E-state index is -1.01. The third-order valence-corrected chi connectivity index (χ3v) is 8.63. The topological polar surface area (TPSA) is 175 Å². The molecule has 2 rings (SSSR count). The Morgan fingerprint density at radius 3 is 2.13 bits per heavy atom. The van der Waals surface area contributed by atoms with E-state index in [9.17, 15) is 28.8 Å². The Morgan fingerprint density at radius 1 is 0.957 bits per heavy atom. The second-order valence-electron chi connectivity index (χ2n) is 14.1. The molecule has 0 bridgehead atoms. The maximum absolute atomic E-state index is 14.2. The van der Waals surface area contributed by atoms with Crippen LogP contribution in [0.4, 0.5) is 9.59 Å². The molecule has 5 N–H and O–H groups in total. The number of rotatable bonds is 16. The summed E-state index contributed by atoms with van der Waals surface area (Å²) in [5.41, 5.74) is -0.727. The summed E-state index contributed by atoms with van der Waals surface area (Å²) in [5, 5.41) is 13.7. The zero-order chi connectivity index (χ0) is 34.8. The molecule has 13 nitrogen and oxygen atoms in total. The number of carbonyl (C=O) groups is 6. The Balaban J connectivity index is 2.27. The molecule has 2 fully saturated rings. The van der Waals surface area contributed by atoms with Crippen molar-refractivity contribution in [1.29, 1.82) is 0 Å². The number of nitrogens with zero attached hydrogens (tertiary/aromatic N) is 1. The number of nitrogens with one attached hydrogen (secondary N) is 5. The molecule has 0 aromatic carbocycles. The van der Waals surface area contributed by atoms with Gasteiger partial charge in [0.15, 0.2) is 0 Å². The van der Waals surface area contributed by atoms with Gasteiger partial charge in [0, 0.05) is 19.6 Å². The van der Waals surface area contributed by atoms with Gasteiger partial charge in [0.1, 0.15) is 12.1 Å². The first-order valence-electron chi connectivity index (χ1n) is 16.5. The van der Waals surface area contributed by atoms with E-state index in [-0.39, 0.29) is 43.4 Å². The van der Waals surface area contributed by atoms with Crippen molar-refractivity contribution < 1.29 is 33.5 Å². The third kappa shape index (κ3) is 11.3. The van der Waals surface area contributed by atoms with Crippen LogP contribution < -0.4 is 26.6 Å². The van der Waals surface area contributed by atoms with Crippen molar-refractivity contribution in [2.24, 2.45) is 29.1 Å². The van der Waals surface area contributed by atoms with Crippen LogP contribution in [0.2, 0.25) is 0 Å². The fraction of sp³-hybridized carbons (Fsp3) is 0.758. The van der Waals surface area contributed by atoms with Gasteiger partial charge in [-0.05, 0) is 48.9 Å². The summed E-state index contributed by atoms with van der Waals surface area (Å²) in [6, 6.07) is -3.91. The number of likely N-dealkylation sites (tertiary alicyclic amines) is 1. The van der Waals surface area contributed by atoms with E-state index in [1.807, 2.05) is 48.5 Å². The number of hydrogen-bond acceptors (Lipinski definition) is 7. The summed E-state index contributed by atoms with van der Waals surface area (Å²) in [5.74, 6) is -2.34. The molecule has 0 radical (unpaired) electrons. The van der Waals surface area contributed by atoms with Crippen LogP contribution in [0.5, 0.6) is 0 Å². The van der Waals surface area contributed by atoms with Crippen molar-refractivity contribution >= 4 is 35.6 Å². The number of ether oxygens (including phenoxy) is 1. The summed E-state index contributed by atoms with van der Waals surface area (Å²) in [7, 11) is 0. The van der Waals surface area contributed by atoms with Crippen LogP contribution in [0.25, 0.3) is 0 Å². The summed E-state index contributed by atoms with van der Waals surface area (Å²) in [6.45, 7) is 19.3. The standard InChI is InChI=1S/C33H56N6O7/c1-10-15-34-29(42)26(40)23(17-21-12-13-21)36-28(41)25-22(19(3)4)14-16-39(25)30(43)27(33(7,8)9)38-31(44)37-24(20(5)6)18-35-32(45)46-11-2/h10,19-25,27H,1,11-18H2,2-9H3,(H,34,42)(H,35,45)(H,36,41)(H2,37,38,44)/t22?,23?,24-,25+,27-/m1/s1. The Labute approximate surface area is 273 Å². The highest BCUT2D eigenvalue weighted by Gasteiger charge is 2.48. The zero-order valence-corrected chi connectivity index (χ0v) is 28.9. The van der Waals surface area contributed by atoms with Gasteiger partial charge >= 0.3 is 12.1 Å². The van der Waals surface area contributed by atoms with E-state index < -0.39 is 65.2 Å². The van der Waals surface area contributed by atoms with Crippen LogP contribution in [0.1, 0.15) is 81.1 Å². The van der Waals surface area contributed by atoms with E-state index in [1.54, 1.807) is 6.92 Å². The largest absolute Gasteiger partial charge is 0.450 e. The van der Waals surface area contributed by atoms with Crippen LogP contribution in [-0.2, 0) is 23.9 Å². The molecule has 5 atom stereocenters. The number of urea groups is 1. The molecule has 2 aliphatic rings. The maximum Gasteiger partial charge on any atom is 0.407 e. The molecule has 13 heteroatoms. The number of ketones is 1. The average Bonchev–Trinajstić information content (AvgIpc) is 3.67. The molecule has 6 amide bonds. The van der Waals surface area contributed by atoms with Gasteiger partial charge in [-0.15, -0.1) is 6.58 Å². The van der Waals surface area contributed by atoms with E-state index in [1.165, 1.54) is 11.0 Å². The number of hydrogen-bond donors (Lipinski definition) is 5. The van der Waals surface area contributed by atoms with Gasteiger partial charge in [-0.25, -0.2) is 9.59 Å². The Hall–Kier alpha value is -3.64. The predicted molar refractivity (Wildman–Crippen MR) is 174 cm³/mol. The zero-order valence-electron chi connectivity index (χ0n) is 28.9. The van der Waals surface area contributed by atoms with Crippen LogP contribution in [-0.4, -0.2) is 90.9 Å². The highest BCUT2D eigenvalue weighted by molar-refractivity contribution is 6.38. The second kappa shape index (κ2) is 17.3. The SMILES string of the molecule is C=CCNC(=O)C(=O)C(CC1CC1)NC(=O)[C@@H]1C(C(C)C)CCN1C(=O)[C@@H](NC(=O)N[C@H](CNC(=O)OCC)C(C)C)C(C)(C)C. The normalized spacial score (nSPS) is 19.9. The lowest BCUT2D eigenvalue weighted by Crippen LogP contribution is -2.62. The first-order valence-corrected chi connectivity index (χ1v) is 16.5. The lowest BCUT2D eigenvalue weighted by Gasteiger charge is -2.37. The molecule has 1 saturated heterocycles. The fourth-order valence-corrected chi connectivity index (χ4v) is 5.67. The molecular weight excluding hydrogens is 592 g/mol. The molecule has 0 aromatic rings. The molecule has 46 heavy (non-hydrogen) atoms. The number of amides is 6. The molecule has 2 unspecified atom stereocenters. The second-order valence-corrected chi connectivity index (χ2v) is 14.1. The molecule has 260 valence electrons. The summed E-state index contributed by atoms with van der Waals surface area (Å²) < 4.78 is 4.91. The lowest BCUT2D eigenvalue weighted by atomic mass is 9.84. The molecule has 0 spiro atoms. The van der Waals surface area contributed by atoms with Gasteiger partial charge in [0.05, 0.1) is 18.7 Å². The number of alkyl carbamates (subject to hydrolysis) is 1. The van der Waals surface area contributed by atoms with Crippen molar-refractivity contribution in [2.45, 2.75) is 105 Å². The monoisotopic (exact) mass is 648 g/mol. The quantitative estimate of drug-likeness (QED) is 0.126. The highest BCUT2D eigenvalue weighted by atomic mass is 16.5. The Kier molecular flexibility index (Phi) is 14.5. The molecule has 1 heterocycles. The summed E-state index contributed by atoms with van der Waals surface area (Å²) in [6.07, 6.45) is 3.66. The van der Waals surface area contributed by atoms with Gasteiger partial charge in [0.2, 0.25) is 17.6 Å². The van der Waals surface area contributed by atoms with E-state index in [2.05, 4.69) is 33.2 Å². The van der Waals surface area contributed by atoms with Gasteiger partial charge < -0.3 is 36.2 Å². The van der Waals surface area contributed by atoms with Crippen LogP contribution in [0.3, 0.4) is 0 Å². The molecule has 0 aromatic heterocycles. The van der Waals surface area contributed by atoms with Crippen molar-refractivity contribution in [2.75, 3.05) is 26.2 Å². The molecule has 1 saturated carbocycles. The van der Waals surface area contributed by atoms with Crippen molar-refractivity contribution in [3.63, 3.8) is 0 Å². The maximum atomic E-state index is 14.2. The molecular formula is C33H56N6O7. The van der Waals surface area contributed by atoms with E-state index in [0.29, 0.717) is 19.4 Å². The smallest absolute Gasteiger partial charge is 0.407 e. The summed E-state index contributed by atoms with van der Waals surface area (Å²) >= 11 is 0.